The molecule has 8 heteroatoms. The Morgan fingerprint density at radius 1 is 1.16 bits per heavy atom. The highest BCUT2D eigenvalue weighted by Gasteiger charge is 2.28. The fraction of sp³-hybridized carbons (Fsp3) is 0.292. The van der Waals surface area contributed by atoms with E-state index in [9.17, 15) is 9.59 Å². The summed E-state index contributed by atoms with van der Waals surface area (Å²) in [5.74, 6) is 0.546. The number of nitrogens with one attached hydrogen (secondary N) is 2. The third kappa shape index (κ3) is 3.33. The summed E-state index contributed by atoms with van der Waals surface area (Å²) in [7, 11) is 1.73. The molecule has 0 fully saturated rings. The van der Waals surface area contributed by atoms with E-state index in [0.29, 0.717) is 35.7 Å². The van der Waals surface area contributed by atoms with Crippen molar-refractivity contribution in [3.63, 3.8) is 0 Å². The number of rotatable bonds is 1. The summed E-state index contributed by atoms with van der Waals surface area (Å²) < 4.78 is 11.5. The number of hydrogen-bond acceptors (Lipinski definition) is 5. The Labute approximate surface area is 185 Å². The summed E-state index contributed by atoms with van der Waals surface area (Å²) in [4.78, 5) is 30.5. The van der Waals surface area contributed by atoms with Crippen LogP contribution in [0.3, 0.4) is 0 Å². The van der Waals surface area contributed by atoms with E-state index in [4.69, 9.17) is 9.26 Å². The summed E-state index contributed by atoms with van der Waals surface area (Å²) in [5.41, 5.74) is 5.59. The van der Waals surface area contributed by atoms with E-state index < -0.39 is 0 Å². The average molecular weight is 432 g/mol. The first-order valence-corrected chi connectivity index (χ1v) is 10.6. The molecule has 2 N–H and O–H groups in total. The quantitative estimate of drug-likeness (QED) is 0.608. The molecule has 2 bridgehead atoms. The lowest BCUT2D eigenvalue weighted by atomic mass is 9.94. The molecule has 0 saturated carbocycles. The van der Waals surface area contributed by atoms with Gasteiger partial charge in [-0.3, -0.25) is 9.59 Å². The molecule has 1 aromatic carbocycles. The van der Waals surface area contributed by atoms with Crippen LogP contribution in [0.5, 0.6) is 0 Å². The van der Waals surface area contributed by atoms with Gasteiger partial charge >= 0.3 is 0 Å². The first-order valence-electron chi connectivity index (χ1n) is 10.6. The molecule has 0 aliphatic carbocycles. The van der Waals surface area contributed by atoms with E-state index in [1.807, 2.05) is 32.0 Å². The van der Waals surface area contributed by atoms with Crippen LogP contribution in [0.4, 0.5) is 5.69 Å². The Balaban J connectivity index is 1.71. The van der Waals surface area contributed by atoms with E-state index in [-0.39, 0.29) is 24.3 Å². The van der Waals surface area contributed by atoms with Crippen LogP contribution in [0.1, 0.15) is 52.8 Å². The minimum Gasteiger partial charge on any atom is -0.373 e. The number of nitrogens with zero attached hydrogens (tertiary/aromatic N) is 2. The van der Waals surface area contributed by atoms with Crippen LogP contribution in [0.15, 0.2) is 35.0 Å². The number of anilines is 1. The van der Waals surface area contributed by atoms with Crippen LogP contribution >= 0.6 is 0 Å². The molecule has 2 aromatic heterocycles. The van der Waals surface area contributed by atoms with Crippen molar-refractivity contribution in [3.8, 4) is 11.1 Å². The van der Waals surface area contributed by atoms with Crippen LogP contribution in [-0.2, 0) is 16.1 Å². The highest BCUT2D eigenvalue weighted by Crippen LogP contribution is 2.39. The smallest absolute Gasteiger partial charge is 0.256 e. The van der Waals surface area contributed by atoms with Crippen molar-refractivity contribution in [1.29, 1.82) is 0 Å². The lowest BCUT2D eigenvalue weighted by molar-refractivity contribution is -0.110. The number of benzene rings is 1. The summed E-state index contributed by atoms with van der Waals surface area (Å²) in [5, 5.41) is 7.18. The number of carbonyl (C=O) groups excluding carboxylic acids is 2. The molecule has 8 nitrogen and oxygen atoms in total. The van der Waals surface area contributed by atoms with Crippen LogP contribution in [-0.4, -0.2) is 47.1 Å². The molecular formula is C24H24N4O4. The Bertz CT molecular complexity index is 1250. The van der Waals surface area contributed by atoms with E-state index >= 15 is 0 Å². The van der Waals surface area contributed by atoms with Crippen LogP contribution < -0.4 is 5.32 Å². The van der Waals surface area contributed by atoms with Gasteiger partial charge < -0.3 is 24.5 Å². The van der Waals surface area contributed by atoms with Gasteiger partial charge in [0.05, 0.1) is 35.6 Å². The fourth-order valence-corrected chi connectivity index (χ4v) is 4.14. The van der Waals surface area contributed by atoms with Gasteiger partial charge in [-0.05, 0) is 29.8 Å². The van der Waals surface area contributed by atoms with Crippen molar-refractivity contribution < 1.29 is 18.8 Å². The molecule has 3 aromatic rings. The van der Waals surface area contributed by atoms with Gasteiger partial charge in [0, 0.05) is 37.0 Å². The topological polar surface area (TPSA) is 100 Å². The number of hydrogen-bond donors (Lipinski definition) is 2. The van der Waals surface area contributed by atoms with Crippen molar-refractivity contribution in [2.45, 2.75) is 26.4 Å². The number of ether oxygens (including phenoxy) is 1. The SMILES string of the molecule is CC(C)c1onc2c1-c1ccc3c(c1)/C(=C/c1[nH]ccc1C(=O)N(C)CCOC2)C(=O)N3. The first-order chi connectivity index (χ1) is 15.4. The minimum absolute atomic E-state index is 0.126. The van der Waals surface area contributed by atoms with Gasteiger partial charge in [0.25, 0.3) is 11.8 Å². The normalized spacial score (nSPS) is 17.9. The van der Waals surface area contributed by atoms with Crippen molar-refractivity contribution in [2.24, 2.45) is 0 Å². The van der Waals surface area contributed by atoms with Crippen LogP contribution in [0.2, 0.25) is 0 Å². The molecule has 2 aliphatic rings. The second kappa shape index (κ2) is 7.80. The third-order valence-corrected chi connectivity index (χ3v) is 5.86. The Hall–Kier alpha value is -3.65. The van der Waals surface area contributed by atoms with E-state index in [1.165, 1.54) is 0 Å². The molecule has 0 spiro atoms. The Kier molecular flexibility index (Phi) is 4.94. The lowest BCUT2D eigenvalue weighted by Gasteiger charge is -2.17. The summed E-state index contributed by atoms with van der Waals surface area (Å²) >= 11 is 0. The third-order valence-electron chi connectivity index (χ3n) is 5.86. The van der Waals surface area contributed by atoms with Gasteiger partial charge in [-0.15, -0.1) is 0 Å². The average Bonchev–Trinajstić information content (AvgIpc) is 3.47. The molecule has 32 heavy (non-hydrogen) atoms. The van der Waals surface area contributed by atoms with Gasteiger partial charge in [-0.1, -0.05) is 25.1 Å². The zero-order valence-corrected chi connectivity index (χ0v) is 18.2. The predicted molar refractivity (Wildman–Crippen MR) is 120 cm³/mol. The number of amides is 2. The molecule has 164 valence electrons. The monoisotopic (exact) mass is 432 g/mol. The molecule has 2 aliphatic heterocycles. The second-order valence-electron chi connectivity index (χ2n) is 8.38. The zero-order valence-electron chi connectivity index (χ0n) is 18.2. The van der Waals surface area contributed by atoms with Gasteiger partial charge in [-0.2, -0.15) is 0 Å². The number of likely N-dealkylation sites (N-methyl/N-ethyl adjacent to an activating group) is 1. The van der Waals surface area contributed by atoms with E-state index in [2.05, 4.69) is 15.5 Å². The van der Waals surface area contributed by atoms with Crippen molar-refractivity contribution >= 4 is 29.2 Å². The predicted octanol–water partition coefficient (Wildman–Crippen LogP) is 3.89. The van der Waals surface area contributed by atoms with Crippen molar-refractivity contribution in [1.82, 2.24) is 15.0 Å². The Morgan fingerprint density at radius 3 is 2.81 bits per heavy atom. The summed E-state index contributed by atoms with van der Waals surface area (Å²) in [6, 6.07) is 7.54. The van der Waals surface area contributed by atoms with Gasteiger partial charge in [0.2, 0.25) is 0 Å². The summed E-state index contributed by atoms with van der Waals surface area (Å²) in [6.07, 6.45) is 3.44. The minimum atomic E-state index is -0.208. The molecule has 0 radical (unpaired) electrons. The number of fused-ring (bicyclic) bond motifs is 4. The van der Waals surface area contributed by atoms with Gasteiger partial charge in [0.1, 0.15) is 11.5 Å². The maximum absolute atomic E-state index is 13.0. The van der Waals surface area contributed by atoms with E-state index in [1.54, 1.807) is 30.3 Å². The standard InChI is InChI=1S/C24H24N4O4/c1-13(2)22-21-14-4-5-18-16(10-14)17(23(29)26-18)11-19-15(6-7-25-19)24(30)28(3)8-9-31-12-20(21)27-32-22/h4-7,10-11,13,25H,8-9,12H2,1-3H3,(H,26,29)/b17-11-. The molecule has 4 heterocycles. The van der Waals surface area contributed by atoms with Crippen LogP contribution in [0.25, 0.3) is 22.8 Å². The molecule has 0 unspecified atom stereocenters. The highest BCUT2D eigenvalue weighted by atomic mass is 16.5. The summed E-state index contributed by atoms with van der Waals surface area (Å²) in [6.45, 7) is 5.14. The van der Waals surface area contributed by atoms with E-state index in [0.717, 1.165) is 28.1 Å². The number of carbonyl (C=O) groups is 2. The van der Waals surface area contributed by atoms with Gasteiger partial charge in [0.15, 0.2) is 0 Å². The Morgan fingerprint density at radius 2 is 2.00 bits per heavy atom. The first kappa shape index (κ1) is 20.3. The van der Waals surface area contributed by atoms with Crippen molar-refractivity contribution in [3.05, 3.63) is 58.7 Å². The maximum atomic E-state index is 13.0. The van der Waals surface area contributed by atoms with Crippen LogP contribution in [0, 0.1) is 0 Å². The fourth-order valence-electron chi connectivity index (χ4n) is 4.14. The number of H-pyrrole nitrogens is 1. The molecule has 0 saturated heterocycles. The molecule has 2 amide bonds. The zero-order chi connectivity index (χ0) is 22.4. The lowest BCUT2D eigenvalue weighted by Crippen LogP contribution is -2.30. The number of aromatic amines is 1. The number of aromatic nitrogens is 2. The molecule has 0 atom stereocenters. The molecular weight excluding hydrogens is 408 g/mol. The second-order valence-corrected chi connectivity index (χ2v) is 8.38. The van der Waals surface area contributed by atoms with Crippen molar-refractivity contribution in [2.75, 3.05) is 25.5 Å². The highest BCUT2D eigenvalue weighted by molar-refractivity contribution is 6.35. The maximum Gasteiger partial charge on any atom is 0.256 e. The molecule has 5 rings (SSSR count). The van der Waals surface area contributed by atoms with Gasteiger partial charge in [-0.25, -0.2) is 0 Å². The largest absolute Gasteiger partial charge is 0.373 e.